The van der Waals surface area contributed by atoms with Crippen LogP contribution in [-0.4, -0.2) is 65.4 Å². The Morgan fingerprint density at radius 2 is 2.03 bits per heavy atom. The van der Waals surface area contributed by atoms with E-state index in [1.54, 1.807) is 0 Å². The largest absolute Gasteiger partial charge is 0.495 e. The maximum absolute atomic E-state index is 15.2. The van der Waals surface area contributed by atoms with E-state index in [4.69, 9.17) is 25.8 Å². The molecule has 1 aliphatic rings. The molecule has 3 heterocycles. The molecule has 1 unspecified atom stereocenters. The Morgan fingerprint density at radius 1 is 1.31 bits per heavy atom. The van der Waals surface area contributed by atoms with Gasteiger partial charge in [-0.2, -0.15) is 4.98 Å². The molecule has 0 aliphatic carbocycles. The smallest absolute Gasteiger partial charge is 0.259 e. The van der Waals surface area contributed by atoms with E-state index in [2.05, 4.69) is 27.2 Å². The molecule has 10 nitrogen and oxygen atoms in total. The number of hydrogen-bond acceptors (Lipinski definition) is 9. The summed E-state index contributed by atoms with van der Waals surface area (Å²) in [7, 11) is 4.22. The Balaban J connectivity index is 1.74. The number of pyridine rings is 1. The number of anilines is 1. The van der Waals surface area contributed by atoms with E-state index in [0.717, 1.165) is 0 Å². The predicted octanol–water partition coefficient (Wildman–Crippen LogP) is 2.08. The fourth-order valence-electron chi connectivity index (χ4n) is 3.93. The van der Waals surface area contributed by atoms with Gasteiger partial charge in [-0.15, -0.1) is 0 Å². The lowest BCUT2D eigenvalue weighted by Gasteiger charge is -2.22. The van der Waals surface area contributed by atoms with Gasteiger partial charge in [0.15, 0.2) is 11.6 Å². The Bertz CT molecular complexity index is 1310. The number of aliphatic hydroxyl groups excluding tert-OH is 1. The van der Waals surface area contributed by atoms with Crippen LogP contribution in [0.2, 0.25) is 5.02 Å². The molecule has 1 aliphatic heterocycles. The van der Waals surface area contributed by atoms with E-state index in [0.29, 0.717) is 24.2 Å². The highest BCUT2D eigenvalue weighted by Crippen LogP contribution is 2.41. The van der Waals surface area contributed by atoms with Gasteiger partial charge in [0.1, 0.15) is 17.6 Å². The van der Waals surface area contributed by atoms with Crippen LogP contribution in [0.4, 0.5) is 10.3 Å². The number of methoxy groups -OCH3 is 2. The molecule has 1 saturated heterocycles. The number of rotatable bonds is 8. The van der Waals surface area contributed by atoms with Crippen LogP contribution < -0.4 is 25.7 Å². The molecular formula is C23H25ClFN5O5. The zero-order valence-electron chi connectivity index (χ0n) is 19.3. The summed E-state index contributed by atoms with van der Waals surface area (Å²) in [5.41, 5.74) is -0.311. The number of hydrogen-bond donors (Lipinski definition) is 3. The molecule has 1 fully saturated rings. The zero-order valence-corrected chi connectivity index (χ0v) is 20.1. The Labute approximate surface area is 205 Å². The normalized spacial score (nSPS) is 18.5. The fourth-order valence-corrected chi connectivity index (χ4v) is 4.25. The number of halogens is 2. The minimum absolute atomic E-state index is 0.0101. The van der Waals surface area contributed by atoms with Crippen LogP contribution in [0.5, 0.6) is 11.5 Å². The topological polar surface area (TPSA) is 120 Å². The summed E-state index contributed by atoms with van der Waals surface area (Å²) >= 11 is 6.38. The molecular weight excluding hydrogens is 481 g/mol. The van der Waals surface area contributed by atoms with E-state index < -0.39 is 17.6 Å². The Hall–Kier alpha value is -3.25. The van der Waals surface area contributed by atoms with Crippen molar-refractivity contribution in [2.24, 2.45) is 7.05 Å². The summed E-state index contributed by atoms with van der Waals surface area (Å²) in [4.78, 5) is 22.1. The first-order valence-corrected chi connectivity index (χ1v) is 11.0. The van der Waals surface area contributed by atoms with Crippen molar-refractivity contribution in [3.63, 3.8) is 0 Å². The van der Waals surface area contributed by atoms with Crippen molar-refractivity contribution in [2.75, 3.05) is 32.8 Å². The third kappa shape index (κ3) is 4.67. The summed E-state index contributed by atoms with van der Waals surface area (Å²) in [6, 6.07) is 2.36. The molecule has 4 rings (SSSR count). The summed E-state index contributed by atoms with van der Waals surface area (Å²) < 4.78 is 32.3. The van der Waals surface area contributed by atoms with Crippen LogP contribution in [0.15, 0.2) is 35.8 Å². The molecule has 3 aromatic rings. The molecule has 3 N–H and O–H groups in total. The van der Waals surface area contributed by atoms with Gasteiger partial charge in [0.25, 0.3) is 5.56 Å². The Kier molecular flexibility index (Phi) is 7.22. The van der Waals surface area contributed by atoms with Gasteiger partial charge >= 0.3 is 0 Å². The predicted molar refractivity (Wildman–Crippen MR) is 130 cm³/mol. The van der Waals surface area contributed by atoms with Crippen LogP contribution in [0.25, 0.3) is 22.2 Å². The van der Waals surface area contributed by atoms with Crippen LogP contribution in [0.1, 0.15) is 0 Å². The average molecular weight is 506 g/mol. The molecule has 1 aromatic carbocycles. The number of aliphatic hydroxyl groups is 1. The molecule has 0 amide bonds. The van der Waals surface area contributed by atoms with Crippen LogP contribution in [0.3, 0.4) is 0 Å². The van der Waals surface area contributed by atoms with Gasteiger partial charge in [-0.25, -0.2) is 9.37 Å². The SMILES string of the molecule is C=CC(O)N[C@H]1COC[C@H]1Nc1ncc2cc(-c3c(F)c(OC)cc(OC)c3Cl)c(=O)n(C)c2n1. The number of nitrogens with zero attached hydrogens (tertiary/aromatic N) is 3. The average Bonchev–Trinajstić information content (AvgIpc) is 3.28. The van der Waals surface area contributed by atoms with Gasteiger partial charge in [0.2, 0.25) is 5.95 Å². The van der Waals surface area contributed by atoms with Crippen molar-refractivity contribution in [1.29, 1.82) is 0 Å². The van der Waals surface area contributed by atoms with E-state index in [-0.39, 0.29) is 45.7 Å². The number of benzene rings is 1. The van der Waals surface area contributed by atoms with Gasteiger partial charge in [-0.1, -0.05) is 18.2 Å². The summed E-state index contributed by atoms with van der Waals surface area (Å²) in [6.45, 7) is 4.30. The highest BCUT2D eigenvalue weighted by atomic mass is 35.5. The molecule has 3 atom stereocenters. The number of fused-ring (bicyclic) bond motifs is 1. The van der Waals surface area contributed by atoms with E-state index in [1.165, 1.54) is 50.2 Å². The van der Waals surface area contributed by atoms with Gasteiger partial charge in [0, 0.05) is 30.3 Å². The minimum atomic E-state index is -0.884. The first-order chi connectivity index (χ1) is 16.8. The van der Waals surface area contributed by atoms with Crippen LogP contribution >= 0.6 is 11.6 Å². The van der Waals surface area contributed by atoms with Gasteiger partial charge in [-0.3, -0.25) is 14.7 Å². The number of aromatic nitrogens is 3. The minimum Gasteiger partial charge on any atom is -0.495 e. The summed E-state index contributed by atoms with van der Waals surface area (Å²) in [6.07, 6.45) is 2.01. The van der Waals surface area contributed by atoms with Gasteiger partial charge in [-0.05, 0) is 12.1 Å². The van der Waals surface area contributed by atoms with Crippen molar-refractivity contribution in [1.82, 2.24) is 19.9 Å². The van der Waals surface area contributed by atoms with Crippen molar-refractivity contribution in [3.05, 3.63) is 52.2 Å². The maximum atomic E-state index is 15.2. The molecule has 0 spiro atoms. The highest BCUT2D eigenvalue weighted by Gasteiger charge is 2.30. The van der Waals surface area contributed by atoms with Crippen LogP contribution in [-0.2, 0) is 11.8 Å². The van der Waals surface area contributed by atoms with Crippen molar-refractivity contribution >= 4 is 28.6 Å². The monoisotopic (exact) mass is 505 g/mol. The second-order valence-electron chi connectivity index (χ2n) is 7.92. The lowest BCUT2D eigenvalue weighted by Crippen LogP contribution is -2.47. The first-order valence-electron chi connectivity index (χ1n) is 10.7. The molecule has 2 aromatic heterocycles. The van der Waals surface area contributed by atoms with Crippen molar-refractivity contribution < 1.29 is 23.7 Å². The molecule has 12 heteroatoms. The van der Waals surface area contributed by atoms with E-state index in [1.807, 2.05) is 0 Å². The zero-order chi connectivity index (χ0) is 25.3. The Morgan fingerprint density at radius 3 is 2.71 bits per heavy atom. The standard InChI is InChI=1S/C23H25ClFN5O5/c1-5-17(31)27-13-9-35-10-14(13)28-23-26-8-11-6-12(22(32)30(2)21(11)29-23)18-19(24)15(33-3)7-16(34-4)20(18)25/h5-8,13-14,17,27,31H,1,9-10H2,2-4H3,(H,26,28,29)/t13-,14+,17?/m0/s1. The number of nitrogens with one attached hydrogen (secondary N) is 2. The highest BCUT2D eigenvalue weighted by molar-refractivity contribution is 6.35. The second kappa shape index (κ2) is 10.2. The fraction of sp³-hybridized carbons (Fsp3) is 0.348. The lowest BCUT2D eigenvalue weighted by molar-refractivity contribution is 0.149. The first kappa shape index (κ1) is 24.9. The van der Waals surface area contributed by atoms with Crippen molar-refractivity contribution in [2.45, 2.75) is 18.3 Å². The summed E-state index contributed by atoms with van der Waals surface area (Å²) in [5, 5.41) is 16.4. The van der Waals surface area contributed by atoms with E-state index >= 15 is 4.39 Å². The van der Waals surface area contributed by atoms with Crippen molar-refractivity contribution in [3.8, 4) is 22.6 Å². The lowest BCUT2D eigenvalue weighted by atomic mass is 10.0. The third-order valence-electron chi connectivity index (χ3n) is 5.79. The van der Waals surface area contributed by atoms with Gasteiger partial charge < -0.3 is 24.6 Å². The summed E-state index contributed by atoms with van der Waals surface area (Å²) in [5.74, 6) is -0.456. The van der Waals surface area contributed by atoms with E-state index in [9.17, 15) is 9.90 Å². The molecule has 0 saturated carbocycles. The second-order valence-corrected chi connectivity index (χ2v) is 8.30. The van der Waals surface area contributed by atoms with Gasteiger partial charge in [0.05, 0.1) is 50.1 Å². The molecule has 35 heavy (non-hydrogen) atoms. The maximum Gasteiger partial charge on any atom is 0.259 e. The number of aryl methyl sites for hydroxylation is 1. The quantitative estimate of drug-likeness (QED) is 0.312. The molecule has 0 bridgehead atoms. The van der Waals surface area contributed by atoms with Crippen LogP contribution in [0, 0.1) is 5.82 Å². The molecule has 0 radical (unpaired) electrons. The third-order valence-corrected chi connectivity index (χ3v) is 6.17. The molecule has 186 valence electrons. The number of ether oxygens (including phenoxy) is 3.